The molecule has 26 heavy (non-hydrogen) atoms. The number of hydrogen-bond donors (Lipinski definition) is 2. The number of amides is 2. The molecule has 2 N–H and O–H groups in total. The normalized spacial score (nSPS) is 11.5. The van der Waals surface area contributed by atoms with Crippen LogP contribution in [0.15, 0.2) is 54.6 Å². The van der Waals surface area contributed by atoms with Crippen molar-refractivity contribution in [2.75, 3.05) is 13.2 Å². The van der Waals surface area contributed by atoms with Crippen molar-refractivity contribution in [3.63, 3.8) is 0 Å². The highest BCUT2D eigenvalue weighted by Crippen LogP contribution is 2.22. The molecule has 0 aliphatic rings. The first-order valence-electron chi connectivity index (χ1n) is 8.62. The molecule has 6 nitrogen and oxygen atoms in total. The molecule has 2 aromatic rings. The lowest BCUT2D eigenvalue weighted by molar-refractivity contribution is -0.135. The van der Waals surface area contributed by atoms with Gasteiger partial charge >= 0.3 is 0 Å². The van der Waals surface area contributed by atoms with Crippen LogP contribution in [0.2, 0.25) is 0 Å². The van der Waals surface area contributed by atoms with Crippen molar-refractivity contribution in [1.29, 1.82) is 0 Å². The van der Waals surface area contributed by atoms with Crippen molar-refractivity contribution in [2.45, 2.75) is 26.4 Å². The Morgan fingerprint density at radius 1 is 0.923 bits per heavy atom. The number of ether oxygens (including phenoxy) is 2. The summed E-state index contributed by atoms with van der Waals surface area (Å²) in [6, 6.07) is 17.5. The monoisotopic (exact) mass is 356 g/mol. The van der Waals surface area contributed by atoms with Crippen molar-refractivity contribution < 1.29 is 19.1 Å². The highest BCUT2D eigenvalue weighted by molar-refractivity contribution is 5.85. The number of rotatable bonds is 8. The minimum Gasteiger partial charge on any atom is -0.481 e. The van der Waals surface area contributed by atoms with Crippen LogP contribution in [-0.2, 0) is 14.3 Å². The first kappa shape index (κ1) is 19.5. The van der Waals surface area contributed by atoms with Crippen molar-refractivity contribution in [3.05, 3.63) is 54.6 Å². The van der Waals surface area contributed by atoms with Crippen molar-refractivity contribution in [1.82, 2.24) is 10.9 Å². The zero-order valence-electron chi connectivity index (χ0n) is 15.0. The number of benzene rings is 2. The highest BCUT2D eigenvalue weighted by Gasteiger charge is 2.19. The maximum atomic E-state index is 12.2. The average Bonchev–Trinajstić information content (AvgIpc) is 2.69. The van der Waals surface area contributed by atoms with Crippen LogP contribution in [0.1, 0.15) is 20.3 Å². The predicted molar refractivity (Wildman–Crippen MR) is 99.4 cm³/mol. The second kappa shape index (κ2) is 10.2. The minimum absolute atomic E-state index is 0.102. The van der Waals surface area contributed by atoms with Crippen LogP contribution in [0.3, 0.4) is 0 Å². The van der Waals surface area contributed by atoms with Gasteiger partial charge in [0.15, 0.2) is 6.10 Å². The molecule has 0 aliphatic carbocycles. The molecule has 0 saturated carbocycles. The summed E-state index contributed by atoms with van der Waals surface area (Å²) >= 11 is 0. The van der Waals surface area contributed by atoms with E-state index in [-0.39, 0.29) is 6.61 Å². The van der Waals surface area contributed by atoms with E-state index in [1.54, 1.807) is 6.92 Å². The summed E-state index contributed by atoms with van der Waals surface area (Å²) in [5.41, 5.74) is 6.84. The van der Waals surface area contributed by atoms with Crippen LogP contribution in [0.25, 0.3) is 11.1 Å². The topological polar surface area (TPSA) is 76.7 Å². The molecule has 138 valence electrons. The summed E-state index contributed by atoms with van der Waals surface area (Å²) in [5, 5.41) is 0. The van der Waals surface area contributed by atoms with Gasteiger partial charge in [0.1, 0.15) is 12.4 Å². The number of hydrazine groups is 1. The summed E-state index contributed by atoms with van der Waals surface area (Å²) in [5.74, 6) is -0.237. The molecule has 0 spiro atoms. The van der Waals surface area contributed by atoms with Crippen molar-refractivity contribution in [3.8, 4) is 16.9 Å². The fourth-order valence-electron chi connectivity index (χ4n) is 2.29. The van der Waals surface area contributed by atoms with Gasteiger partial charge in [-0.2, -0.15) is 0 Å². The van der Waals surface area contributed by atoms with Gasteiger partial charge in [-0.25, -0.2) is 0 Å². The molecular formula is C20H24N2O4. The van der Waals surface area contributed by atoms with Gasteiger partial charge in [0, 0.05) is 6.61 Å². The van der Waals surface area contributed by atoms with Gasteiger partial charge in [0.2, 0.25) is 0 Å². The molecule has 2 amide bonds. The number of carbonyl (C=O) groups is 2. The lowest BCUT2D eigenvalue weighted by Crippen LogP contribution is -2.48. The number of hydrogen-bond acceptors (Lipinski definition) is 4. The zero-order valence-corrected chi connectivity index (χ0v) is 15.0. The van der Waals surface area contributed by atoms with Crippen molar-refractivity contribution >= 4 is 11.8 Å². The first-order valence-corrected chi connectivity index (χ1v) is 8.62. The van der Waals surface area contributed by atoms with Gasteiger partial charge in [0.25, 0.3) is 11.8 Å². The summed E-state index contributed by atoms with van der Waals surface area (Å²) < 4.78 is 10.7. The largest absolute Gasteiger partial charge is 0.481 e. The van der Waals surface area contributed by atoms with Gasteiger partial charge in [-0.05, 0) is 36.6 Å². The first-order chi connectivity index (χ1) is 12.6. The second-order valence-corrected chi connectivity index (χ2v) is 5.58. The van der Waals surface area contributed by atoms with E-state index in [4.69, 9.17) is 9.47 Å². The van der Waals surface area contributed by atoms with E-state index in [0.717, 1.165) is 11.1 Å². The molecular weight excluding hydrogens is 332 g/mol. The van der Waals surface area contributed by atoms with Crippen LogP contribution in [-0.4, -0.2) is 31.1 Å². The zero-order chi connectivity index (χ0) is 18.8. The second-order valence-electron chi connectivity index (χ2n) is 5.58. The van der Waals surface area contributed by atoms with E-state index >= 15 is 0 Å². The average molecular weight is 356 g/mol. The molecule has 0 radical (unpaired) electrons. The molecule has 2 aromatic carbocycles. The number of nitrogens with one attached hydrogen (secondary N) is 2. The van der Waals surface area contributed by atoms with Gasteiger partial charge in [-0.1, -0.05) is 49.4 Å². The summed E-state index contributed by atoms with van der Waals surface area (Å²) in [7, 11) is 0. The smallest absolute Gasteiger partial charge is 0.279 e. The van der Waals surface area contributed by atoms with Crippen LogP contribution in [0.4, 0.5) is 0 Å². The molecule has 0 aromatic heterocycles. The summed E-state index contributed by atoms with van der Waals surface area (Å²) in [4.78, 5) is 23.6. The quantitative estimate of drug-likeness (QED) is 0.713. The Bertz CT molecular complexity index is 702. The Balaban J connectivity index is 1.90. The minimum atomic E-state index is -0.704. The molecule has 6 heteroatoms. The predicted octanol–water partition coefficient (Wildman–Crippen LogP) is 2.69. The molecule has 0 aliphatic heterocycles. The molecule has 1 atom stereocenters. The maximum absolute atomic E-state index is 12.2. The van der Waals surface area contributed by atoms with Gasteiger partial charge in [-0.3, -0.25) is 20.4 Å². The van der Waals surface area contributed by atoms with Crippen LogP contribution in [0.5, 0.6) is 5.75 Å². The van der Waals surface area contributed by atoms with E-state index in [0.29, 0.717) is 18.8 Å². The number of carbonyl (C=O) groups excluding carboxylic acids is 2. The lowest BCUT2D eigenvalue weighted by atomic mass is 10.1. The summed E-state index contributed by atoms with van der Waals surface area (Å²) in [6.07, 6.45) is -0.238. The van der Waals surface area contributed by atoms with Gasteiger partial charge in [0.05, 0.1) is 0 Å². The Labute approximate surface area is 153 Å². The van der Waals surface area contributed by atoms with Gasteiger partial charge < -0.3 is 9.47 Å². The Morgan fingerprint density at radius 2 is 1.58 bits per heavy atom. The van der Waals surface area contributed by atoms with E-state index in [2.05, 4.69) is 10.9 Å². The van der Waals surface area contributed by atoms with E-state index in [9.17, 15) is 9.59 Å². The molecule has 2 rings (SSSR count). The third kappa shape index (κ3) is 5.89. The van der Waals surface area contributed by atoms with Crippen molar-refractivity contribution in [2.24, 2.45) is 0 Å². The summed E-state index contributed by atoms with van der Waals surface area (Å²) in [6.45, 7) is 3.96. The Kier molecular flexibility index (Phi) is 7.64. The maximum Gasteiger partial charge on any atom is 0.279 e. The standard InChI is InChI=1S/C20H24N2O4/c1-3-18(20(24)22-21-19(23)14-25-4-2)26-17-12-10-16(11-13-17)15-8-6-5-7-9-15/h5-13,18H,3-4,14H2,1-2H3,(H,21,23)(H,22,24). The molecule has 0 bridgehead atoms. The van der Waals surface area contributed by atoms with Gasteiger partial charge in [-0.15, -0.1) is 0 Å². The van der Waals surface area contributed by atoms with Crippen LogP contribution < -0.4 is 15.6 Å². The van der Waals surface area contributed by atoms with E-state index < -0.39 is 17.9 Å². The van der Waals surface area contributed by atoms with E-state index in [1.807, 2.05) is 61.5 Å². The third-order valence-electron chi connectivity index (χ3n) is 3.67. The molecule has 0 saturated heterocycles. The van der Waals surface area contributed by atoms with Crippen LogP contribution >= 0.6 is 0 Å². The fourth-order valence-corrected chi connectivity index (χ4v) is 2.29. The highest BCUT2D eigenvalue weighted by atomic mass is 16.5. The Hall–Kier alpha value is -2.86. The van der Waals surface area contributed by atoms with Crippen LogP contribution in [0, 0.1) is 0 Å². The lowest BCUT2D eigenvalue weighted by Gasteiger charge is -2.17. The third-order valence-corrected chi connectivity index (χ3v) is 3.67. The Morgan fingerprint density at radius 3 is 2.19 bits per heavy atom. The fraction of sp³-hybridized carbons (Fsp3) is 0.300. The van der Waals surface area contributed by atoms with E-state index in [1.165, 1.54) is 0 Å². The molecule has 0 heterocycles. The molecule has 1 unspecified atom stereocenters. The SMILES string of the molecule is CCOCC(=O)NNC(=O)C(CC)Oc1ccc(-c2ccccc2)cc1. The molecule has 0 fully saturated rings.